The number of hydrogen-bond donors (Lipinski definition) is 0. The van der Waals surface area contributed by atoms with Crippen LogP contribution in [0.3, 0.4) is 0 Å². The molecule has 0 amide bonds. The predicted molar refractivity (Wildman–Crippen MR) is 70.4 cm³/mol. The number of nitrogens with zero attached hydrogens (tertiary/aromatic N) is 1. The molecule has 0 fully saturated rings. The number of fused-ring (bicyclic) bond motifs is 1. The third-order valence-corrected chi connectivity index (χ3v) is 3.23. The summed E-state index contributed by atoms with van der Waals surface area (Å²) >= 11 is 0. The highest BCUT2D eigenvalue weighted by Crippen LogP contribution is 2.29. The fourth-order valence-corrected chi connectivity index (χ4v) is 2.29. The zero-order valence-electron chi connectivity index (χ0n) is 10.2. The molecule has 0 atom stereocenters. The van der Waals surface area contributed by atoms with Crippen LogP contribution in [0.25, 0.3) is 0 Å². The predicted octanol–water partition coefficient (Wildman–Crippen LogP) is 2.67. The Balaban J connectivity index is 2.11. The SMILES string of the molecule is C#CCCCN1CCc2cc(C(C)=O)ccc21. The third-order valence-electron chi connectivity index (χ3n) is 3.23. The van der Waals surface area contributed by atoms with Crippen LogP contribution in [0, 0.1) is 12.3 Å². The van der Waals surface area contributed by atoms with E-state index >= 15 is 0 Å². The van der Waals surface area contributed by atoms with E-state index in [0.29, 0.717) is 0 Å². The van der Waals surface area contributed by atoms with Crippen LogP contribution in [0.5, 0.6) is 0 Å². The topological polar surface area (TPSA) is 20.3 Å². The van der Waals surface area contributed by atoms with Gasteiger partial charge in [0.1, 0.15) is 0 Å². The number of unbranched alkanes of at least 4 members (excludes halogenated alkanes) is 1. The van der Waals surface area contributed by atoms with Gasteiger partial charge in [0, 0.05) is 30.8 Å². The standard InChI is InChI=1S/C15H17NO/c1-3-4-5-9-16-10-8-14-11-13(12(2)17)6-7-15(14)16/h1,6-7,11H,4-5,8-10H2,2H3. The van der Waals surface area contributed by atoms with Crippen molar-refractivity contribution in [3.63, 3.8) is 0 Å². The van der Waals surface area contributed by atoms with Gasteiger partial charge in [0.15, 0.2) is 5.78 Å². The molecular weight excluding hydrogens is 210 g/mol. The molecule has 1 aromatic rings. The minimum atomic E-state index is 0.138. The third kappa shape index (κ3) is 2.50. The van der Waals surface area contributed by atoms with Crippen molar-refractivity contribution >= 4 is 11.5 Å². The van der Waals surface area contributed by atoms with Crippen LogP contribution in [0.1, 0.15) is 35.7 Å². The molecule has 2 rings (SSSR count). The molecule has 2 nitrogen and oxygen atoms in total. The lowest BCUT2D eigenvalue weighted by atomic mass is 10.1. The van der Waals surface area contributed by atoms with E-state index in [1.54, 1.807) is 6.92 Å². The maximum Gasteiger partial charge on any atom is 0.159 e. The summed E-state index contributed by atoms with van der Waals surface area (Å²) in [4.78, 5) is 13.7. The van der Waals surface area contributed by atoms with Crippen molar-refractivity contribution < 1.29 is 4.79 Å². The highest BCUT2D eigenvalue weighted by molar-refractivity contribution is 5.94. The molecule has 1 heterocycles. The van der Waals surface area contributed by atoms with Crippen molar-refractivity contribution in [1.82, 2.24) is 0 Å². The average Bonchev–Trinajstić information content (AvgIpc) is 2.72. The van der Waals surface area contributed by atoms with Crippen LogP contribution in [-0.2, 0) is 6.42 Å². The maximum atomic E-state index is 11.3. The molecule has 1 aliphatic rings. The molecule has 1 aliphatic heterocycles. The van der Waals surface area contributed by atoms with Crippen LogP contribution >= 0.6 is 0 Å². The summed E-state index contributed by atoms with van der Waals surface area (Å²) in [5.74, 6) is 2.81. The molecule has 0 spiro atoms. The molecule has 2 heteroatoms. The van der Waals surface area contributed by atoms with Gasteiger partial charge in [-0.15, -0.1) is 12.3 Å². The fraction of sp³-hybridized carbons (Fsp3) is 0.400. The first-order chi connectivity index (χ1) is 8.22. The Bertz CT molecular complexity index is 470. The molecule has 0 saturated heterocycles. The highest BCUT2D eigenvalue weighted by atomic mass is 16.1. The molecule has 0 aromatic heterocycles. The van der Waals surface area contributed by atoms with Crippen LogP contribution in [0.2, 0.25) is 0 Å². The molecule has 0 unspecified atom stereocenters. The van der Waals surface area contributed by atoms with Gasteiger partial charge in [0.05, 0.1) is 0 Å². The van der Waals surface area contributed by atoms with E-state index in [0.717, 1.165) is 37.9 Å². The lowest BCUT2D eigenvalue weighted by Crippen LogP contribution is -2.21. The Labute approximate surface area is 103 Å². The average molecular weight is 227 g/mol. The summed E-state index contributed by atoms with van der Waals surface area (Å²) in [5.41, 5.74) is 3.37. The van der Waals surface area contributed by atoms with Crippen molar-refractivity contribution in [1.29, 1.82) is 0 Å². The molecule has 17 heavy (non-hydrogen) atoms. The van der Waals surface area contributed by atoms with E-state index in [4.69, 9.17) is 6.42 Å². The number of terminal acetylenes is 1. The molecular formula is C15H17NO. The number of carbonyl (C=O) groups excluding carboxylic acids is 1. The van der Waals surface area contributed by atoms with Crippen molar-refractivity contribution in [2.75, 3.05) is 18.0 Å². The molecule has 0 bridgehead atoms. The van der Waals surface area contributed by atoms with Gasteiger partial charge >= 0.3 is 0 Å². The van der Waals surface area contributed by atoms with Gasteiger partial charge < -0.3 is 4.90 Å². The monoisotopic (exact) mass is 227 g/mol. The van der Waals surface area contributed by atoms with Crippen LogP contribution in [0.4, 0.5) is 5.69 Å². The second-order valence-corrected chi connectivity index (χ2v) is 4.44. The Hall–Kier alpha value is -1.75. The van der Waals surface area contributed by atoms with E-state index in [-0.39, 0.29) is 5.78 Å². The van der Waals surface area contributed by atoms with Gasteiger partial charge in [0.2, 0.25) is 0 Å². The Kier molecular flexibility index (Phi) is 3.49. The summed E-state index contributed by atoms with van der Waals surface area (Å²) in [6.45, 7) is 3.67. The second kappa shape index (κ2) is 5.05. The quantitative estimate of drug-likeness (QED) is 0.448. The van der Waals surface area contributed by atoms with Crippen molar-refractivity contribution in [3.8, 4) is 12.3 Å². The van der Waals surface area contributed by atoms with Gasteiger partial charge in [-0.3, -0.25) is 4.79 Å². The minimum Gasteiger partial charge on any atom is -0.371 e. The summed E-state index contributed by atoms with van der Waals surface area (Å²) in [7, 11) is 0. The van der Waals surface area contributed by atoms with E-state index < -0.39 is 0 Å². The number of hydrogen-bond acceptors (Lipinski definition) is 2. The molecule has 0 saturated carbocycles. The van der Waals surface area contributed by atoms with Gasteiger partial charge in [-0.1, -0.05) is 0 Å². The molecule has 0 N–H and O–H groups in total. The van der Waals surface area contributed by atoms with Crippen LogP contribution < -0.4 is 4.90 Å². The molecule has 1 aromatic carbocycles. The van der Waals surface area contributed by atoms with Gasteiger partial charge in [-0.05, 0) is 43.5 Å². The molecule has 0 aliphatic carbocycles. The summed E-state index contributed by atoms with van der Waals surface area (Å²) in [6, 6.07) is 6.01. The minimum absolute atomic E-state index is 0.138. The van der Waals surface area contributed by atoms with Crippen molar-refractivity contribution in [2.45, 2.75) is 26.2 Å². The smallest absolute Gasteiger partial charge is 0.159 e. The Morgan fingerprint density at radius 2 is 2.35 bits per heavy atom. The lowest BCUT2D eigenvalue weighted by Gasteiger charge is -2.18. The summed E-state index contributed by atoms with van der Waals surface area (Å²) in [6.07, 6.45) is 8.15. The normalized spacial score (nSPS) is 13.3. The van der Waals surface area contributed by atoms with Crippen molar-refractivity contribution in [3.05, 3.63) is 29.3 Å². The zero-order chi connectivity index (χ0) is 12.3. The first-order valence-corrected chi connectivity index (χ1v) is 6.04. The molecule has 88 valence electrons. The van der Waals surface area contributed by atoms with E-state index in [1.807, 2.05) is 12.1 Å². The van der Waals surface area contributed by atoms with E-state index in [9.17, 15) is 4.79 Å². The van der Waals surface area contributed by atoms with E-state index in [2.05, 4.69) is 16.9 Å². The maximum absolute atomic E-state index is 11.3. The molecule has 0 radical (unpaired) electrons. The first-order valence-electron chi connectivity index (χ1n) is 6.04. The highest BCUT2D eigenvalue weighted by Gasteiger charge is 2.19. The Morgan fingerprint density at radius 3 is 3.06 bits per heavy atom. The van der Waals surface area contributed by atoms with Gasteiger partial charge in [-0.2, -0.15) is 0 Å². The number of rotatable bonds is 4. The number of anilines is 1. The summed E-state index contributed by atoms with van der Waals surface area (Å²) in [5, 5.41) is 0. The number of carbonyl (C=O) groups is 1. The zero-order valence-corrected chi connectivity index (χ0v) is 10.2. The number of ketones is 1. The fourth-order valence-electron chi connectivity index (χ4n) is 2.29. The largest absolute Gasteiger partial charge is 0.371 e. The summed E-state index contributed by atoms with van der Waals surface area (Å²) < 4.78 is 0. The first kappa shape index (κ1) is 11.7. The second-order valence-electron chi connectivity index (χ2n) is 4.44. The van der Waals surface area contributed by atoms with E-state index in [1.165, 1.54) is 11.3 Å². The Morgan fingerprint density at radius 1 is 1.53 bits per heavy atom. The van der Waals surface area contributed by atoms with Crippen molar-refractivity contribution in [2.24, 2.45) is 0 Å². The number of benzene rings is 1. The van der Waals surface area contributed by atoms with Gasteiger partial charge in [-0.25, -0.2) is 0 Å². The van der Waals surface area contributed by atoms with Crippen LogP contribution in [-0.4, -0.2) is 18.9 Å². The lowest BCUT2D eigenvalue weighted by molar-refractivity contribution is 0.101. The van der Waals surface area contributed by atoms with Crippen LogP contribution in [0.15, 0.2) is 18.2 Å². The number of Topliss-reactive ketones (excluding diaryl/α,β-unsaturated/α-hetero) is 1. The van der Waals surface area contributed by atoms with Gasteiger partial charge in [0.25, 0.3) is 0 Å².